The molecule has 1 amide bonds. The van der Waals surface area contributed by atoms with Gasteiger partial charge >= 0.3 is 0 Å². The predicted octanol–water partition coefficient (Wildman–Crippen LogP) is 2.75. The van der Waals surface area contributed by atoms with Crippen molar-refractivity contribution in [2.45, 2.75) is 18.4 Å². The van der Waals surface area contributed by atoms with Crippen LogP contribution in [0.1, 0.15) is 21.5 Å². The molecule has 0 spiro atoms. The molecule has 1 N–H and O–H groups in total. The Balaban J connectivity index is 2.10. The second kappa shape index (κ2) is 5.84. The summed E-state index contributed by atoms with van der Waals surface area (Å²) in [6.07, 6.45) is 3.37. The molecular formula is C14H13FN2OS. The lowest BCUT2D eigenvalue weighted by Gasteiger charge is -2.08. The minimum atomic E-state index is -0.557. The third kappa shape index (κ3) is 3.32. The quantitative estimate of drug-likeness (QED) is 0.846. The van der Waals surface area contributed by atoms with Gasteiger partial charge in [0.2, 0.25) is 0 Å². The Morgan fingerprint density at radius 3 is 2.95 bits per heavy atom. The van der Waals surface area contributed by atoms with Crippen molar-refractivity contribution in [1.82, 2.24) is 10.3 Å². The summed E-state index contributed by atoms with van der Waals surface area (Å²) in [6, 6.07) is 5.99. The number of aryl methyl sites for hydroxylation is 1. The molecule has 0 atom stereocenters. The van der Waals surface area contributed by atoms with E-state index in [9.17, 15) is 9.18 Å². The van der Waals surface area contributed by atoms with Crippen molar-refractivity contribution in [2.75, 3.05) is 0 Å². The zero-order valence-electron chi connectivity index (χ0n) is 10.4. The summed E-state index contributed by atoms with van der Waals surface area (Å²) in [5, 5.41) is 2.67. The molecular weight excluding hydrogens is 263 g/mol. The van der Waals surface area contributed by atoms with Gasteiger partial charge in [-0.05, 0) is 42.3 Å². The Hall–Kier alpha value is -1.88. The number of halogens is 1. The third-order valence-electron chi connectivity index (χ3n) is 2.78. The predicted molar refractivity (Wildman–Crippen MR) is 73.8 cm³/mol. The first kappa shape index (κ1) is 13.5. The summed E-state index contributed by atoms with van der Waals surface area (Å²) in [6.45, 7) is 2.24. The fourth-order valence-corrected chi connectivity index (χ4v) is 1.84. The van der Waals surface area contributed by atoms with Crippen molar-refractivity contribution >= 4 is 18.5 Å². The maximum atomic E-state index is 13.5. The molecule has 0 unspecified atom stereocenters. The highest BCUT2D eigenvalue weighted by Crippen LogP contribution is 2.13. The van der Waals surface area contributed by atoms with Crippen molar-refractivity contribution in [3.8, 4) is 0 Å². The Morgan fingerprint density at radius 1 is 1.42 bits per heavy atom. The molecule has 0 fully saturated rings. The van der Waals surface area contributed by atoms with Gasteiger partial charge in [0.15, 0.2) is 0 Å². The van der Waals surface area contributed by atoms with E-state index in [1.54, 1.807) is 12.4 Å². The number of nitrogens with one attached hydrogen (secondary N) is 1. The number of carbonyl (C=O) groups is 1. The number of aromatic nitrogens is 1. The molecule has 19 heavy (non-hydrogen) atoms. The molecule has 1 aromatic carbocycles. The van der Waals surface area contributed by atoms with E-state index < -0.39 is 11.7 Å². The number of thiol groups is 1. The first-order chi connectivity index (χ1) is 9.08. The minimum absolute atomic E-state index is 0.00552. The highest BCUT2D eigenvalue weighted by molar-refractivity contribution is 7.80. The zero-order valence-corrected chi connectivity index (χ0v) is 11.2. The maximum Gasteiger partial charge on any atom is 0.254 e. The van der Waals surface area contributed by atoms with Crippen LogP contribution in [0.4, 0.5) is 4.39 Å². The lowest BCUT2D eigenvalue weighted by molar-refractivity contribution is 0.0946. The average molecular weight is 276 g/mol. The van der Waals surface area contributed by atoms with Crippen molar-refractivity contribution in [2.24, 2.45) is 0 Å². The topological polar surface area (TPSA) is 42.0 Å². The Bertz CT molecular complexity index is 616. The van der Waals surface area contributed by atoms with Crippen LogP contribution >= 0.6 is 12.6 Å². The standard InChI is InChI=1S/C14H13FN2OS/c1-9-4-5-16-7-10(9)8-17-14(18)12-6-11(19)2-3-13(12)15/h2-7,19H,8H2,1H3,(H,17,18). The normalized spacial score (nSPS) is 10.3. The van der Waals surface area contributed by atoms with Gasteiger partial charge in [-0.25, -0.2) is 4.39 Å². The number of rotatable bonds is 3. The van der Waals surface area contributed by atoms with Crippen LogP contribution in [0.5, 0.6) is 0 Å². The first-order valence-electron chi connectivity index (χ1n) is 5.74. The Labute approximate surface area is 116 Å². The summed E-state index contributed by atoms with van der Waals surface area (Å²) < 4.78 is 13.5. The van der Waals surface area contributed by atoms with Gasteiger partial charge in [-0.2, -0.15) is 0 Å². The van der Waals surface area contributed by atoms with Crippen molar-refractivity contribution in [1.29, 1.82) is 0 Å². The molecule has 0 aliphatic heterocycles. The molecule has 0 saturated carbocycles. The van der Waals surface area contributed by atoms with E-state index in [1.165, 1.54) is 18.2 Å². The number of amides is 1. The number of nitrogens with zero attached hydrogens (tertiary/aromatic N) is 1. The first-order valence-corrected chi connectivity index (χ1v) is 6.19. The second-order valence-electron chi connectivity index (χ2n) is 4.15. The molecule has 1 aromatic heterocycles. The van der Waals surface area contributed by atoms with Crippen LogP contribution in [0.2, 0.25) is 0 Å². The van der Waals surface area contributed by atoms with Crippen molar-refractivity contribution < 1.29 is 9.18 Å². The number of carbonyl (C=O) groups excluding carboxylic acids is 1. The average Bonchev–Trinajstić information content (AvgIpc) is 2.40. The van der Waals surface area contributed by atoms with Gasteiger partial charge in [0.25, 0.3) is 5.91 Å². The van der Waals surface area contributed by atoms with Crippen LogP contribution in [0.3, 0.4) is 0 Å². The van der Waals surface area contributed by atoms with E-state index in [1.807, 2.05) is 13.0 Å². The smallest absolute Gasteiger partial charge is 0.254 e. The van der Waals surface area contributed by atoms with Crippen molar-refractivity contribution in [3.63, 3.8) is 0 Å². The van der Waals surface area contributed by atoms with Crippen molar-refractivity contribution in [3.05, 3.63) is 59.2 Å². The second-order valence-corrected chi connectivity index (χ2v) is 4.67. The fraction of sp³-hybridized carbons (Fsp3) is 0.143. The number of hydrogen-bond acceptors (Lipinski definition) is 3. The molecule has 0 bridgehead atoms. The van der Waals surface area contributed by atoms with Crippen LogP contribution in [-0.2, 0) is 6.54 Å². The van der Waals surface area contributed by atoms with Gasteiger partial charge in [0.1, 0.15) is 5.82 Å². The van der Waals surface area contributed by atoms with Gasteiger partial charge in [-0.15, -0.1) is 12.6 Å². The number of benzene rings is 1. The number of pyridine rings is 1. The minimum Gasteiger partial charge on any atom is -0.348 e. The lowest BCUT2D eigenvalue weighted by Crippen LogP contribution is -2.24. The largest absolute Gasteiger partial charge is 0.348 e. The molecule has 5 heteroatoms. The van der Waals surface area contributed by atoms with E-state index in [-0.39, 0.29) is 5.56 Å². The molecule has 0 aliphatic rings. The fourth-order valence-electron chi connectivity index (χ4n) is 1.64. The van der Waals surface area contributed by atoms with Crippen LogP contribution in [0, 0.1) is 12.7 Å². The van der Waals surface area contributed by atoms with E-state index in [0.29, 0.717) is 11.4 Å². The number of hydrogen-bond donors (Lipinski definition) is 2. The zero-order chi connectivity index (χ0) is 13.8. The molecule has 0 saturated heterocycles. The molecule has 98 valence electrons. The highest BCUT2D eigenvalue weighted by atomic mass is 32.1. The molecule has 2 rings (SSSR count). The molecule has 0 radical (unpaired) electrons. The molecule has 3 nitrogen and oxygen atoms in total. The Morgan fingerprint density at radius 2 is 2.21 bits per heavy atom. The summed E-state index contributed by atoms with van der Waals surface area (Å²) >= 11 is 4.09. The van der Waals surface area contributed by atoms with E-state index in [2.05, 4.69) is 22.9 Å². The summed E-state index contributed by atoms with van der Waals surface area (Å²) in [5.74, 6) is -1.02. The maximum absolute atomic E-state index is 13.5. The SMILES string of the molecule is Cc1ccncc1CNC(=O)c1cc(S)ccc1F. The monoisotopic (exact) mass is 276 g/mol. The van der Waals surface area contributed by atoms with Crippen LogP contribution in [0.15, 0.2) is 41.6 Å². The van der Waals surface area contributed by atoms with Crippen LogP contribution in [-0.4, -0.2) is 10.9 Å². The van der Waals surface area contributed by atoms with Gasteiger partial charge in [0, 0.05) is 23.8 Å². The third-order valence-corrected chi connectivity index (χ3v) is 3.06. The highest BCUT2D eigenvalue weighted by Gasteiger charge is 2.12. The van der Waals surface area contributed by atoms with Gasteiger partial charge in [-0.3, -0.25) is 9.78 Å². The molecule has 0 aliphatic carbocycles. The van der Waals surface area contributed by atoms with Gasteiger partial charge in [0.05, 0.1) is 5.56 Å². The van der Waals surface area contributed by atoms with E-state index >= 15 is 0 Å². The lowest BCUT2D eigenvalue weighted by atomic mass is 10.1. The Kier molecular flexibility index (Phi) is 4.16. The molecule has 1 heterocycles. The summed E-state index contributed by atoms with van der Waals surface area (Å²) in [7, 11) is 0. The van der Waals surface area contributed by atoms with Crippen LogP contribution in [0.25, 0.3) is 0 Å². The van der Waals surface area contributed by atoms with Gasteiger partial charge in [-0.1, -0.05) is 0 Å². The molecule has 2 aromatic rings. The van der Waals surface area contributed by atoms with Gasteiger partial charge < -0.3 is 5.32 Å². The van der Waals surface area contributed by atoms with Crippen LogP contribution < -0.4 is 5.32 Å². The summed E-state index contributed by atoms with van der Waals surface area (Å²) in [5.41, 5.74) is 1.92. The summed E-state index contributed by atoms with van der Waals surface area (Å²) in [4.78, 5) is 16.4. The van der Waals surface area contributed by atoms with E-state index in [4.69, 9.17) is 0 Å². The van der Waals surface area contributed by atoms with E-state index in [0.717, 1.165) is 11.1 Å².